The van der Waals surface area contributed by atoms with Gasteiger partial charge >= 0.3 is 5.92 Å². The van der Waals surface area contributed by atoms with Gasteiger partial charge < -0.3 is 10.5 Å². The summed E-state index contributed by atoms with van der Waals surface area (Å²) < 4.78 is 50.7. The average molecular weight is 387 g/mol. The van der Waals surface area contributed by atoms with Crippen LogP contribution in [0.1, 0.15) is 37.6 Å². The molecule has 4 nitrogen and oxygen atoms in total. The van der Waals surface area contributed by atoms with Crippen LogP contribution in [0.2, 0.25) is 0 Å². The second-order valence-corrected chi connectivity index (χ2v) is 7.21. The van der Waals surface area contributed by atoms with Gasteiger partial charge in [-0.05, 0) is 57.0 Å². The van der Waals surface area contributed by atoms with Gasteiger partial charge in [0.15, 0.2) is 5.54 Å². The Kier molecular flexibility index (Phi) is 4.94. The first kappa shape index (κ1) is 19.9. The zero-order valence-corrected chi connectivity index (χ0v) is 15.8. The van der Waals surface area contributed by atoms with Crippen LogP contribution in [0.15, 0.2) is 47.6 Å². The van der Waals surface area contributed by atoms with Crippen molar-refractivity contribution in [1.29, 1.82) is 0 Å². The maximum Gasteiger partial charge on any atom is 0.304 e. The fraction of sp³-hybridized carbons (Fsp3) is 0.333. The summed E-state index contributed by atoms with van der Waals surface area (Å²) in [4.78, 5) is 8.04. The normalized spacial score (nSPS) is 23.1. The lowest BCUT2D eigenvalue weighted by atomic mass is 9.77. The van der Waals surface area contributed by atoms with Crippen LogP contribution < -0.4 is 5.73 Å². The maximum atomic E-state index is 15.4. The monoisotopic (exact) mass is 387 g/mol. The number of alkyl halides is 2. The van der Waals surface area contributed by atoms with Gasteiger partial charge in [0, 0.05) is 17.3 Å². The van der Waals surface area contributed by atoms with E-state index in [-0.39, 0.29) is 18.0 Å². The van der Waals surface area contributed by atoms with E-state index in [1.165, 1.54) is 26.0 Å². The third kappa shape index (κ3) is 3.36. The number of hydrogen-bond donors (Lipinski definition) is 1. The third-order valence-electron chi connectivity index (χ3n) is 4.81. The lowest BCUT2D eigenvalue weighted by Gasteiger charge is -2.41. The molecule has 1 atom stereocenters. The van der Waals surface area contributed by atoms with Gasteiger partial charge in [-0.15, -0.1) is 0 Å². The Balaban J connectivity index is 2.14. The van der Waals surface area contributed by atoms with Crippen LogP contribution in [0.3, 0.4) is 0 Å². The minimum Gasteiger partial charge on any atom is -0.385 e. The number of hydrogen-bond acceptors (Lipinski definition) is 4. The Labute approximate surface area is 161 Å². The molecule has 0 saturated carbocycles. The summed E-state index contributed by atoms with van der Waals surface area (Å²) in [6.45, 7) is 3.37. The maximum absolute atomic E-state index is 15.4. The van der Waals surface area contributed by atoms with Gasteiger partial charge in [0.05, 0.1) is 0 Å². The highest BCUT2D eigenvalue weighted by Crippen LogP contribution is 2.50. The highest BCUT2D eigenvalue weighted by atomic mass is 19.3. The van der Waals surface area contributed by atoms with Gasteiger partial charge in [-0.25, -0.2) is 18.2 Å². The topological polar surface area (TPSA) is 60.5 Å². The molecule has 1 aliphatic heterocycles. The molecule has 0 saturated heterocycles. The molecular formula is C21H20F3N3O. The molecule has 146 valence electrons. The summed E-state index contributed by atoms with van der Waals surface area (Å²) in [6.07, 6.45) is 1.59. The molecule has 2 N–H and O–H groups in total. The van der Waals surface area contributed by atoms with Crippen molar-refractivity contribution in [3.63, 3.8) is 0 Å². The molecule has 0 spiro atoms. The Morgan fingerprint density at radius 2 is 1.86 bits per heavy atom. The minimum atomic E-state index is -3.55. The third-order valence-corrected chi connectivity index (χ3v) is 4.81. The standard InChI is InChI=1S/C21H20F3N3O/c1-19(2)21(23,24)20(3,27-18(25)13-28-19)16-12-14(8-10-17(16)22)7-9-15-6-4-5-11-26-15/h4-6,8,10-12H,13H2,1-3H3,(H2,25,27)/t20-/m1/s1. The first-order valence-corrected chi connectivity index (χ1v) is 8.66. The molecule has 7 heteroatoms. The number of rotatable bonds is 1. The van der Waals surface area contributed by atoms with Crippen LogP contribution in [0, 0.1) is 17.7 Å². The Morgan fingerprint density at radius 3 is 2.54 bits per heavy atom. The van der Waals surface area contributed by atoms with E-state index in [2.05, 4.69) is 21.8 Å². The van der Waals surface area contributed by atoms with Crippen molar-refractivity contribution in [2.45, 2.75) is 37.8 Å². The van der Waals surface area contributed by atoms with Crippen LogP contribution >= 0.6 is 0 Å². The van der Waals surface area contributed by atoms with Gasteiger partial charge in [0.2, 0.25) is 0 Å². The fourth-order valence-electron chi connectivity index (χ4n) is 3.10. The molecule has 1 aromatic carbocycles. The van der Waals surface area contributed by atoms with Crippen LogP contribution in [-0.4, -0.2) is 29.0 Å². The van der Waals surface area contributed by atoms with Crippen molar-refractivity contribution in [3.05, 3.63) is 65.2 Å². The minimum absolute atomic E-state index is 0.128. The van der Waals surface area contributed by atoms with Crippen molar-refractivity contribution in [3.8, 4) is 11.8 Å². The SMILES string of the molecule is CC1(C)OCC(N)=N[C@](C)(c2cc(C#Cc3ccccn3)ccc2F)C1(F)F. The van der Waals surface area contributed by atoms with E-state index in [1.807, 2.05) is 0 Å². The second-order valence-electron chi connectivity index (χ2n) is 7.21. The van der Waals surface area contributed by atoms with Crippen LogP contribution in [-0.2, 0) is 10.3 Å². The molecule has 1 aliphatic rings. The summed E-state index contributed by atoms with van der Waals surface area (Å²) in [5.41, 5.74) is 2.15. The van der Waals surface area contributed by atoms with E-state index in [0.29, 0.717) is 11.3 Å². The fourth-order valence-corrected chi connectivity index (χ4v) is 3.10. The van der Waals surface area contributed by atoms with E-state index in [4.69, 9.17) is 10.5 Å². The first-order chi connectivity index (χ1) is 13.1. The van der Waals surface area contributed by atoms with Gasteiger partial charge in [-0.3, -0.25) is 4.99 Å². The number of benzene rings is 1. The number of nitrogens with two attached hydrogens (primary N) is 1. The molecule has 0 bridgehead atoms. The smallest absolute Gasteiger partial charge is 0.304 e. The van der Waals surface area contributed by atoms with E-state index >= 15 is 8.78 Å². The molecule has 0 unspecified atom stereocenters. The van der Waals surface area contributed by atoms with Gasteiger partial charge in [-0.2, -0.15) is 0 Å². The Hall–Kier alpha value is -2.85. The van der Waals surface area contributed by atoms with Crippen molar-refractivity contribution in [2.24, 2.45) is 10.7 Å². The highest BCUT2D eigenvalue weighted by molar-refractivity contribution is 5.82. The number of nitrogens with zero attached hydrogens (tertiary/aromatic N) is 2. The van der Waals surface area contributed by atoms with Crippen LogP contribution in [0.25, 0.3) is 0 Å². The molecule has 0 aliphatic carbocycles. The second kappa shape index (κ2) is 6.95. The number of ether oxygens (including phenoxy) is 1. The van der Waals surface area contributed by atoms with Crippen molar-refractivity contribution in [1.82, 2.24) is 4.98 Å². The van der Waals surface area contributed by atoms with Crippen LogP contribution in [0.4, 0.5) is 13.2 Å². The van der Waals surface area contributed by atoms with Crippen molar-refractivity contribution < 1.29 is 17.9 Å². The summed E-state index contributed by atoms with van der Waals surface area (Å²) in [7, 11) is 0. The molecule has 0 amide bonds. The first-order valence-electron chi connectivity index (χ1n) is 8.66. The largest absolute Gasteiger partial charge is 0.385 e. The van der Waals surface area contributed by atoms with E-state index in [0.717, 1.165) is 13.0 Å². The van der Waals surface area contributed by atoms with Crippen LogP contribution in [0.5, 0.6) is 0 Å². The highest BCUT2D eigenvalue weighted by Gasteiger charge is 2.63. The molecular weight excluding hydrogens is 367 g/mol. The molecule has 28 heavy (non-hydrogen) atoms. The Morgan fingerprint density at radius 1 is 1.11 bits per heavy atom. The summed E-state index contributed by atoms with van der Waals surface area (Å²) >= 11 is 0. The molecule has 2 heterocycles. The summed E-state index contributed by atoms with van der Waals surface area (Å²) in [6, 6.07) is 9.04. The summed E-state index contributed by atoms with van der Waals surface area (Å²) in [5.74, 6) is 1.16. The van der Waals surface area contributed by atoms with Crippen molar-refractivity contribution >= 4 is 5.84 Å². The van der Waals surface area contributed by atoms with E-state index in [1.54, 1.807) is 24.4 Å². The van der Waals surface area contributed by atoms with Gasteiger partial charge in [0.1, 0.15) is 29.6 Å². The zero-order chi connectivity index (χ0) is 20.6. The zero-order valence-electron chi connectivity index (χ0n) is 15.8. The number of halogens is 3. The lowest BCUT2D eigenvalue weighted by Crippen LogP contribution is -2.56. The Bertz CT molecular complexity index is 977. The number of amidine groups is 1. The molecule has 3 rings (SSSR count). The number of aliphatic imine (C=N–C) groups is 1. The molecule has 0 fully saturated rings. The average Bonchev–Trinajstić information content (AvgIpc) is 2.71. The summed E-state index contributed by atoms with van der Waals surface area (Å²) in [5, 5.41) is 0. The number of aromatic nitrogens is 1. The molecule has 0 radical (unpaired) electrons. The predicted molar refractivity (Wildman–Crippen MR) is 101 cm³/mol. The van der Waals surface area contributed by atoms with E-state index < -0.39 is 22.9 Å². The van der Waals surface area contributed by atoms with Gasteiger partial charge in [-0.1, -0.05) is 12.0 Å². The van der Waals surface area contributed by atoms with Gasteiger partial charge in [0.25, 0.3) is 0 Å². The van der Waals surface area contributed by atoms with E-state index in [9.17, 15) is 4.39 Å². The molecule has 1 aromatic heterocycles. The quantitative estimate of drug-likeness (QED) is 0.760. The molecule has 2 aromatic rings. The predicted octanol–water partition coefficient (Wildman–Crippen LogP) is 3.64. The number of pyridine rings is 1. The van der Waals surface area contributed by atoms with Crippen molar-refractivity contribution in [2.75, 3.05) is 6.61 Å². The lowest BCUT2D eigenvalue weighted by molar-refractivity contribution is -0.214.